The quantitative estimate of drug-likeness (QED) is 0.937. The van der Waals surface area contributed by atoms with E-state index in [0.717, 1.165) is 0 Å². The summed E-state index contributed by atoms with van der Waals surface area (Å²) >= 11 is 6.01. The summed E-state index contributed by atoms with van der Waals surface area (Å²) in [6, 6.07) is 12.2. The van der Waals surface area contributed by atoms with Crippen molar-refractivity contribution in [2.45, 2.75) is 13.0 Å². The maximum atomic E-state index is 12.2. The molecule has 0 spiro atoms. The molecular formula is C16H14ClNO4. The Morgan fingerprint density at radius 1 is 1.23 bits per heavy atom. The fraction of sp³-hybridized carbons (Fsp3) is 0.188. The molecular weight excluding hydrogens is 306 g/mol. The van der Waals surface area contributed by atoms with Gasteiger partial charge >= 0.3 is 0 Å². The molecule has 1 unspecified atom stereocenters. The first-order valence-corrected chi connectivity index (χ1v) is 7.13. The van der Waals surface area contributed by atoms with Crippen molar-refractivity contribution < 1.29 is 19.0 Å². The first-order chi connectivity index (χ1) is 10.6. The zero-order valence-corrected chi connectivity index (χ0v) is 12.6. The highest BCUT2D eigenvalue weighted by Gasteiger charge is 2.18. The summed E-state index contributed by atoms with van der Waals surface area (Å²) in [5, 5.41) is 3.23. The van der Waals surface area contributed by atoms with Gasteiger partial charge in [-0.3, -0.25) is 4.79 Å². The van der Waals surface area contributed by atoms with Gasteiger partial charge in [0.1, 0.15) is 5.75 Å². The Bertz CT molecular complexity index is 704. The van der Waals surface area contributed by atoms with E-state index in [-0.39, 0.29) is 12.7 Å². The molecule has 22 heavy (non-hydrogen) atoms. The second-order valence-electron chi connectivity index (χ2n) is 4.75. The number of hydrogen-bond acceptors (Lipinski definition) is 4. The molecule has 0 aromatic heterocycles. The molecule has 2 aromatic carbocycles. The van der Waals surface area contributed by atoms with Crippen LogP contribution in [0, 0.1) is 0 Å². The third-order valence-corrected chi connectivity index (χ3v) is 3.46. The van der Waals surface area contributed by atoms with Gasteiger partial charge in [-0.2, -0.15) is 0 Å². The van der Waals surface area contributed by atoms with Crippen molar-refractivity contribution in [3.05, 3.63) is 47.5 Å². The molecule has 1 N–H and O–H groups in total. The number of nitrogens with one attached hydrogen (secondary N) is 1. The number of halogens is 1. The molecule has 6 heteroatoms. The first-order valence-electron chi connectivity index (χ1n) is 6.75. The summed E-state index contributed by atoms with van der Waals surface area (Å²) in [6.45, 7) is 1.85. The van der Waals surface area contributed by atoms with Crippen LogP contribution < -0.4 is 19.5 Å². The van der Waals surface area contributed by atoms with E-state index in [4.69, 9.17) is 25.8 Å². The van der Waals surface area contributed by atoms with Crippen LogP contribution in [0.15, 0.2) is 42.5 Å². The predicted octanol–water partition coefficient (Wildman–Crippen LogP) is 3.47. The highest BCUT2D eigenvalue weighted by molar-refractivity contribution is 6.32. The summed E-state index contributed by atoms with van der Waals surface area (Å²) in [4.78, 5) is 12.2. The van der Waals surface area contributed by atoms with Gasteiger partial charge in [-0.1, -0.05) is 23.7 Å². The van der Waals surface area contributed by atoms with Crippen LogP contribution in [0.2, 0.25) is 5.02 Å². The van der Waals surface area contributed by atoms with Crippen molar-refractivity contribution in [2.24, 2.45) is 0 Å². The van der Waals surface area contributed by atoms with Crippen molar-refractivity contribution in [1.82, 2.24) is 0 Å². The van der Waals surface area contributed by atoms with E-state index in [2.05, 4.69) is 5.32 Å². The molecule has 0 fully saturated rings. The zero-order chi connectivity index (χ0) is 15.5. The van der Waals surface area contributed by atoms with Gasteiger partial charge in [0.15, 0.2) is 17.6 Å². The summed E-state index contributed by atoms with van der Waals surface area (Å²) in [7, 11) is 0. The van der Waals surface area contributed by atoms with Gasteiger partial charge in [-0.25, -0.2) is 0 Å². The average Bonchev–Trinajstić information content (AvgIpc) is 2.97. The van der Waals surface area contributed by atoms with E-state index in [1.807, 2.05) is 0 Å². The fourth-order valence-corrected chi connectivity index (χ4v) is 2.18. The number of benzene rings is 2. The number of para-hydroxylation sites is 1. The molecule has 1 aliphatic heterocycles. The lowest BCUT2D eigenvalue weighted by Crippen LogP contribution is -2.30. The highest BCUT2D eigenvalue weighted by Crippen LogP contribution is 2.34. The smallest absolute Gasteiger partial charge is 0.265 e. The number of rotatable bonds is 4. The molecule has 0 saturated heterocycles. The maximum absolute atomic E-state index is 12.2. The lowest BCUT2D eigenvalue weighted by Gasteiger charge is -2.15. The third kappa shape index (κ3) is 3.09. The molecule has 0 radical (unpaired) electrons. The van der Waals surface area contributed by atoms with Gasteiger partial charge in [0.25, 0.3) is 5.91 Å². The molecule has 114 valence electrons. The van der Waals surface area contributed by atoms with E-state index in [1.165, 1.54) is 0 Å². The molecule has 3 rings (SSSR count). The fourth-order valence-electron chi connectivity index (χ4n) is 2.00. The number of amides is 1. The van der Waals surface area contributed by atoms with Crippen LogP contribution in [0.1, 0.15) is 6.92 Å². The van der Waals surface area contributed by atoms with E-state index in [9.17, 15) is 4.79 Å². The third-order valence-electron chi connectivity index (χ3n) is 3.15. The van der Waals surface area contributed by atoms with Gasteiger partial charge in [0, 0.05) is 11.8 Å². The first kappa shape index (κ1) is 14.5. The molecule has 5 nitrogen and oxygen atoms in total. The van der Waals surface area contributed by atoms with Crippen LogP contribution in [0.5, 0.6) is 17.2 Å². The van der Waals surface area contributed by atoms with Gasteiger partial charge in [-0.15, -0.1) is 0 Å². The molecule has 0 saturated carbocycles. The van der Waals surface area contributed by atoms with E-state index < -0.39 is 6.10 Å². The predicted molar refractivity (Wildman–Crippen MR) is 82.7 cm³/mol. The monoisotopic (exact) mass is 319 g/mol. The lowest BCUT2D eigenvalue weighted by molar-refractivity contribution is -0.122. The number of carbonyl (C=O) groups excluding carboxylic acids is 1. The normalized spacial score (nSPS) is 13.5. The molecule has 1 aliphatic rings. The van der Waals surface area contributed by atoms with Crippen molar-refractivity contribution in [3.63, 3.8) is 0 Å². The SMILES string of the molecule is CC(Oc1ccccc1Cl)C(=O)Nc1ccc2c(c1)OCO2. The van der Waals surface area contributed by atoms with Crippen LogP contribution in [0.3, 0.4) is 0 Å². The van der Waals surface area contributed by atoms with E-state index in [1.54, 1.807) is 49.4 Å². The topological polar surface area (TPSA) is 56.8 Å². The Hall–Kier alpha value is -2.40. The van der Waals surface area contributed by atoms with Crippen LogP contribution in [0.4, 0.5) is 5.69 Å². The minimum absolute atomic E-state index is 0.193. The average molecular weight is 320 g/mol. The number of anilines is 1. The van der Waals surface area contributed by atoms with Crippen molar-refractivity contribution in [2.75, 3.05) is 12.1 Å². The van der Waals surface area contributed by atoms with Crippen molar-refractivity contribution in [3.8, 4) is 17.2 Å². The number of ether oxygens (including phenoxy) is 3. The Kier molecular flexibility index (Phi) is 4.06. The summed E-state index contributed by atoms with van der Waals surface area (Å²) in [5.74, 6) is 1.46. The molecule has 1 heterocycles. The molecule has 0 aliphatic carbocycles. The van der Waals surface area contributed by atoms with Gasteiger partial charge < -0.3 is 19.5 Å². The second-order valence-corrected chi connectivity index (χ2v) is 5.15. The standard InChI is InChI=1S/C16H14ClNO4/c1-10(22-13-5-3-2-4-12(13)17)16(19)18-11-6-7-14-15(8-11)21-9-20-14/h2-8,10H,9H2,1H3,(H,18,19). The molecule has 1 atom stereocenters. The van der Waals surface area contributed by atoms with Crippen LogP contribution in [0.25, 0.3) is 0 Å². The molecule has 0 bridgehead atoms. The Balaban J connectivity index is 1.65. The minimum Gasteiger partial charge on any atom is -0.479 e. The van der Waals surface area contributed by atoms with Crippen LogP contribution in [-0.4, -0.2) is 18.8 Å². The Morgan fingerprint density at radius 3 is 2.82 bits per heavy atom. The largest absolute Gasteiger partial charge is 0.479 e. The van der Waals surface area contributed by atoms with Crippen LogP contribution in [-0.2, 0) is 4.79 Å². The highest BCUT2D eigenvalue weighted by atomic mass is 35.5. The summed E-state index contributed by atoms with van der Waals surface area (Å²) < 4.78 is 16.1. The van der Waals surface area contributed by atoms with Gasteiger partial charge in [0.05, 0.1) is 5.02 Å². The van der Waals surface area contributed by atoms with Gasteiger partial charge in [-0.05, 0) is 31.2 Å². The lowest BCUT2D eigenvalue weighted by atomic mass is 10.2. The number of hydrogen-bond donors (Lipinski definition) is 1. The van der Waals surface area contributed by atoms with Crippen molar-refractivity contribution >= 4 is 23.2 Å². The van der Waals surface area contributed by atoms with Gasteiger partial charge in [0.2, 0.25) is 6.79 Å². The zero-order valence-electron chi connectivity index (χ0n) is 11.8. The maximum Gasteiger partial charge on any atom is 0.265 e. The second kappa shape index (κ2) is 6.15. The Morgan fingerprint density at radius 2 is 2.00 bits per heavy atom. The van der Waals surface area contributed by atoms with E-state index >= 15 is 0 Å². The minimum atomic E-state index is -0.690. The Labute approximate surface area is 132 Å². The summed E-state index contributed by atoms with van der Waals surface area (Å²) in [5.41, 5.74) is 0.615. The van der Waals surface area contributed by atoms with Crippen LogP contribution >= 0.6 is 11.6 Å². The van der Waals surface area contributed by atoms with E-state index in [0.29, 0.717) is 28.0 Å². The van der Waals surface area contributed by atoms with Crippen molar-refractivity contribution in [1.29, 1.82) is 0 Å². The molecule has 2 aromatic rings. The summed E-state index contributed by atoms with van der Waals surface area (Å²) in [6.07, 6.45) is -0.690. The number of fused-ring (bicyclic) bond motifs is 1. The number of carbonyl (C=O) groups is 1. The molecule has 1 amide bonds.